The second kappa shape index (κ2) is 5.94. The molecule has 1 aromatic carbocycles. The van der Waals surface area contributed by atoms with Crippen LogP contribution in [-0.2, 0) is 9.59 Å². The molecule has 108 valence electrons. The molecule has 3 N–H and O–H groups in total. The third-order valence-electron chi connectivity index (χ3n) is 4.03. The summed E-state index contributed by atoms with van der Waals surface area (Å²) in [7, 11) is 0. The highest BCUT2D eigenvalue weighted by Crippen LogP contribution is 2.39. The van der Waals surface area contributed by atoms with Crippen LogP contribution in [0, 0.1) is 17.8 Å². The van der Waals surface area contributed by atoms with Gasteiger partial charge in [0.2, 0.25) is 5.91 Å². The van der Waals surface area contributed by atoms with E-state index in [1.54, 1.807) is 12.1 Å². The lowest BCUT2D eigenvalue weighted by Gasteiger charge is -2.15. The van der Waals surface area contributed by atoms with Crippen molar-refractivity contribution in [2.75, 3.05) is 5.32 Å². The van der Waals surface area contributed by atoms with Crippen molar-refractivity contribution in [3.63, 3.8) is 0 Å². The summed E-state index contributed by atoms with van der Waals surface area (Å²) in [6, 6.07) is 6.14. The first-order chi connectivity index (χ1) is 9.51. The molecule has 20 heavy (non-hydrogen) atoms. The van der Waals surface area contributed by atoms with E-state index in [2.05, 4.69) is 5.32 Å². The molecule has 0 bridgehead atoms. The largest absolute Gasteiger partial charge is 0.508 e. The van der Waals surface area contributed by atoms with E-state index in [0.29, 0.717) is 24.4 Å². The molecule has 2 rings (SSSR count). The van der Waals surface area contributed by atoms with Gasteiger partial charge in [-0.15, -0.1) is 0 Å². The van der Waals surface area contributed by atoms with Gasteiger partial charge in [-0.05, 0) is 43.0 Å². The smallest absolute Gasteiger partial charge is 0.307 e. The quantitative estimate of drug-likeness (QED) is 0.738. The Morgan fingerprint density at radius 1 is 1.20 bits per heavy atom. The molecule has 1 unspecified atom stereocenters. The molecule has 0 aromatic heterocycles. The van der Waals surface area contributed by atoms with Crippen LogP contribution in [0.1, 0.15) is 26.2 Å². The summed E-state index contributed by atoms with van der Waals surface area (Å²) in [5.41, 5.74) is 0.567. The van der Waals surface area contributed by atoms with Gasteiger partial charge in [-0.25, -0.2) is 0 Å². The van der Waals surface area contributed by atoms with Gasteiger partial charge in [0.1, 0.15) is 5.75 Å². The predicted molar refractivity (Wildman–Crippen MR) is 74.4 cm³/mol. The monoisotopic (exact) mass is 277 g/mol. The molecule has 1 aromatic rings. The fourth-order valence-electron chi connectivity index (χ4n) is 2.82. The van der Waals surface area contributed by atoms with Crippen LogP contribution < -0.4 is 5.32 Å². The minimum absolute atomic E-state index is 0.123. The second-order valence-electron chi connectivity index (χ2n) is 5.33. The van der Waals surface area contributed by atoms with Crippen molar-refractivity contribution >= 4 is 17.6 Å². The maximum atomic E-state index is 12.2. The van der Waals surface area contributed by atoms with E-state index in [-0.39, 0.29) is 11.7 Å². The van der Waals surface area contributed by atoms with Crippen LogP contribution in [0.2, 0.25) is 0 Å². The van der Waals surface area contributed by atoms with Crippen molar-refractivity contribution in [2.24, 2.45) is 17.8 Å². The molecule has 5 nitrogen and oxygen atoms in total. The first-order valence-electron chi connectivity index (χ1n) is 6.84. The number of anilines is 1. The van der Waals surface area contributed by atoms with Crippen molar-refractivity contribution < 1.29 is 19.8 Å². The lowest BCUT2D eigenvalue weighted by Crippen LogP contribution is -2.29. The van der Waals surface area contributed by atoms with Gasteiger partial charge < -0.3 is 15.5 Å². The maximum absolute atomic E-state index is 12.2. The number of carbonyl (C=O) groups is 2. The molecular formula is C15H19NO4. The number of phenolic OH excluding ortho intramolecular Hbond substituents is 1. The third kappa shape index (κ3) is 3.10. The van der Waals surface area contributed by atoms with E-state index in [1.807, 2.05) is 6.92 Å². The topological polar surface area (TPSA) is 86.6 Å². The summed E-state index contributed by atoms with van der Waals surface area (Å²) in [6.45, 7) is 2.02. The minimum atomic E-state index is -0.896. The van der Waals surface area contributed by atoms with E-state index < -0.39 is 17.8 Å². The number of phenols is 1. The summed E-state index contributed by atoms with van der Waals surface area (Å²) < 4.78 is 0. The number of nitrogens with one attached hydrogen (secondary N) is 1. The Morgan fingerprint density at radius 3 is 2.35 bits per heavy atom. The SMILES string of the molecule is CCC1C[C@H](C(=O)Nc2ccc(O)cc2)[C@H](C(=O)O)C1. The summed E-state index contributed by atoms with van der Waals surface area (Å²) in [5.74, 6) is -1.81. The fourth-order valence-corrected chi connectivity index (χ4v) is 2.82. The molecule has 1 aliphatic rings. The zero-order valence-electron chi connectivity index (χ0n) is 11.4. The number of amides is 1. The maximum Gasteiger partial charge on any atom is 0.307 e. The van der Waals surface area contributed by atoms with Gasteiger partial charge in [-0.2, -0.15) is 0 Å². The number of aliphatic carboxylic acids is 1. The average Bonchev–Trinajstić information content (AvgIpc) is 2.86. The second-order valence-corrected chi connectivity index (χ2v) is 5.33. The molecule has 1 amide bonds. The molecule has 0 spiro atoms. The summed E-state index contributed by atoms with van der Waals surface area (Å²) >= 11 is 0. The fraction of sp³-hybridized carbons (Fsp3) is 0.467. The van der Waals surface area contributed by atoms with Crippen LogP contribution in [0.3, 0.4) is 0 Å². The number of aromatic hydroxyl groups is 1. The minimum Gasteiger partial charge on any atom is -0.508 e. The average molecular weight is 277 g/mol. The highest BCUT2D eigenvalue weighted by atomic mass is 16.4. The van der Waals surface area contributed by atoms with Crippen molar-refractivity contribution in [2.45, 2.75) is 26.2 Å². The zero-order chi connectivity index (χ0) is 14.7. The molecule has 0 aliphatic heterocycles. The standard InChI is InChI=1S/C15H19NO4/c1-2-9-7-12(13(8-9)15(19)20)14(18)16-10-3-5-11(17)6-4-10/h3-6,9,12-13,17H,2,7-8H2,1H3,(H,16,18)(H,19,20)/t9?,12-,13+/m0/s1. The van der Waals surface area contributed by atoms with E-state index in [9.17, 15) is 19.8 Å². The molecule has 0 heterocycles. The van der Waals surface area contributed by atoms with Gasteiger partial charge in [0.05, 0.1) is 11.8 Å². The summed E-state index contributed by atoms with van der Waals surface area (Å²) in [6.07, 6.45) is 2.09. The van der Waals surface area contributed by atoms with Gasteiger partial charge >= 0.3 is 5.97 Å². The van der Waals surface area contributed by atoms with Gasteiger partial charge in [-0.3, -0.25) is 9.59 Å². The van der Waals surface area contributed by atoms with Crippen LogP contribution in [0.15, 0.2) is 24.3 Å². The first kappa shape index (κ1) is 14.4. The zero-order valence-corrected chi connectivity index (χ0v) is 11.4. The van der Waals surface area contributed by atoms with Crippen LogP contribution in [0.5, 0.6) is 5.75 Å². The highest BCUT2D eigenvalue weighted by molar-refractivity contribution is 5.95. The third-order valence-corrected chi connectivity index (χ3v) is 4.03. The number of carboxylic acids is 1. The molecular weight excluding hydrogens is 258 g/mol. The Balaban J connectivity index is 2.07. The van der Waals surface area contributed by atoms with Gasteiger partial charge in [0.15, 0.2) is 0 Å². The molecule has 5 heteroatoms. The van der Waals surface area contributed by atoms with E-state index >= 15 is 0 Å². The van der Waals surface area contributed by atoms with Crippen molar-refractivity contribution in [1.29, 1.82) is 0 Å². The number of hydrogen-bond donors (Lipinski definition) is 3. The number of carbonyl (C=O) groups excluding carboxylic acids is 1. The molecule has 1 aliphatic carbocycles. The van der Waals surface area contributed by atoms with Gasteiger partial charge in [0.25, 0.3) is 0 Å². The highest BCUT2D eigenvalue weighted by Gasteiger charge is 2.42. The van der Waals surface area contributed by atoms with E-state index in [4.69, 9.17) is 0 Å². The Bertz CT molecular complexity index is 497. The Morgan fingerprint density at radius 2 is 1.80 bits per heavy atom. The van der Waals surface area contributed by atoms with Crippen molar-refractivity contribution in [3.05, 3.63) is 24.3 Å². The predicted octanol–water partition coefficient (Wildman–Crippen LogP) is 2.47. The molecule has 0 radical (unpaired) electrons. The normalized spacial score (nSPS) is 25.4. The van der Waals surface area contributed by atoms with Gasteiger partial charge in [0, 0.05) is 5.69 Å². The molecule has 3 atom stereocenters. The van der Waals surface area contributed by atoms with E-state index in [0.717, 1.165) is 6.42 Å². The van der Waals surface area contributed by atoms with Crippen LogP contribution >= 0.6 is 0 Å². The Kier molecular flexibility index (Phi) is 4.27. The number of hydrogen-bond acceptors (Lipinski definition) is 3. The number of carboxylic acid groups (broad SMARTS) is 1. The number of benzene rings is 1. The summed E-state index contributed by atoms with van der Waals surface area (Å²) in [5, 5.41) is 21.2. The molecule has 1 saturated carbocycles. The molecule has 0 saturated heterocycles. The number of rotatable bonds is 4. The van der Waals surface area contributed by atoms with Crippen LogP contribution in [0.25, 0.3) is 0 Å². The van der Waals surface area contributed by atoms with Crippen molar-refractivity contribution in [3.8, 4) is 5.75 Å². The molecule has 1 fully saturated rings. The Labute approximate surface area is 117 Å². The van der Waals surface area contributed by atoms with Gasteiger partial charge in [-0.1, -0.05) is 13.3 Å². The summed E-state index contributed by atoms with van der Waals surface area (Å²) in [4.78, 5) is 23.5. The van der Waals surface area contributed by atoms with E-state index in [1.165, 1.54) is 12.1 Å². The van der Waals surface area contributed by atoms with Crippen molar-refractivity contribution in [1.82, 2.24) is 0 Å². The first-order valence-corrected chi connectivity index (χ1v) is 6.84. The lowest BCUT2D eigenvalue weighted by molar-refractivity contribution is -0.145. The van der Waals surface area contributed by atoms with Crippen LogP contribution in [0.4, 0.5) is 5.69 Å². The lowest BCUT2D eigenvalue weighted by atomic mass is 9.95. The Hall–Kier alpha value is -2.04. The van der Waals surface area contributed by atoms with Crippen LogP contribution in [-0.4, -0.2) is 22.1 Å².